The normalized spacial score (nSPS) is 20.1. The number of rotatable bonds is 9. The smallest absolute Gasteiger partial charge is 0.0799 e. The van der Waals surface area contributed by atoms with Crippen molar-refractivity contribution in [2.45, 2.75) is 83.7 Å². The molecule has 0 saturated carbocycles. The highest BCUT2D eigenvalue weighted by Crippen LogP contribution is 2.45. The van der Waals surface area contributed by atoms with Crippen molar-refractivity contribution in [3.8, 4) is 11.1 Å². The molecule has 2 aromatic carbocycles. The Morgan fingerprint density at radius 3 is 2.06 bits per heavy atom. The van der Waals surface area contributed by atoms with Gasteiger partial charge >= 0.3 is 0 Å². The molecule has 0 heterocycles. The largest absolute Gasteiger partial charge is 0.109 e. The van der Waals surface area contributed by atoms with Gasteiger partial charge in [-0.1, -0.05) is 110 Å². The number of hydrogen-bond acceptors (Lipinski definition) is 0. The molecule has 0 bridgehead atoms. The highest BCUT2D eigenvalue weighted by atomic mass is 28.3. The standard InChI is InChI=1S/C33H39Si/c1-5-7-13-25-16-11-19-31(25)34(32-20-12-17-26(32)14-8-6-2)33-24(4)23(3)21-29-28-18-10-9-15-27(28)22-30(29)33/h9-12,15-21,31-32H,5-8,13-14,22H2,1-4H3. The van der Waals surface area contributed by atoms with Gasteiger partial charge in [0.05, 0.1) is 0 Å². The summed E-state index contributed by atoms with van der Waals surface area (Å²) < 4.78 is 0. The van der Waals surface area contributed by atoms with Crippen LogP contribution in [0.3, 0.4) is 0 Å². The third-order valence-corrected chi connectivity index (χ3v) is 12.0. The van der Waals surface area contributed by atoms with Crippen LogP contribution < -0.4 is 5.19 Å². The van der Waals surface area contributed by atoms with Crippen molar-refractivity contribution >= 4 is 14.0 Å². The SMILES string of the molecule is CCCCC1=CC=CC1[Si](c1c(C)c(C)cc2c1Cc1ccccc1-2)C1C=CC=C1CCCC. The van der Waals surface area contributed by atoms with Crippen molar-refractivity contribution in [2.75, 3.05) is 0 Å². The first-order valence-electron chi connectivity index (χ1n) is 13.5. The number of unbranched alkanes of at least 4 members (excludes halogenated alkanes) is 2. The molecule has 5 rings (SSSR count). The molecule has 34 heavy (non-hydrogen) atoms. The fraction of sp³-hybridized carbons (Fsp3) is 0.394. The zero-order valence-electron chi connectivity index (χ0n) is 21.5. The lowest BCUT2D eigenvalue weighted by Crippen LogP contribution is -2.43. The van der Waals surface area contributed by atoms with Crippen molar-refractivity contribution in [1.82, 2.24) is 0 Å². The Morgan fingerprint density at radius 1 is 0.824 bits per heavy atom. The third-order valence-electron chi connectivity index (χ3n) is 8.25. The molecule has 3 aliphatic rings. The summed E-state index contributed by atoms with van der Waals surface area (Å²) >= 11 is 0. The lowest BCUT2D eigenvalue weighted by atomic mass is 9.99. The molecule has 1 heteroatoms. The molecule has 0 aromatic heterocycles. The summed E-state index contributed by atoms with van der Waals surface area (Å²) in [4.78, 5) is 0. The summed E-state index contributed by atoms with van der Waals surface area (Å²) in [7, 11) is -0.937. The molecule has 2 atom stereocenters. The zero-order valence-corrected chi connectivity index (χ0v) is 22.5. The average Bonchev–Trinajstić information content (AvgIpc) is 3.58. The maximum Gasteiger partial charge on any atom is 0.109 e. The Bertz CT molecular complexity index is 1150. The number of hydrogen-bond donors (Lipinski definition) is 0. The second-order valence-corrected chi connectivity index (χ2v) is 13.1. The topological polar surface area (TPSA) is 0 Å². The van der Waals surface area contributed by atoms with Crippen molar-refractivity contribution in [3.05, 3.63) is 100 Å². The summed E-state index contributed by atoms with van der Waals surface area (Å²) in [5.41, 5.74) is 13.7. The molecule has 3 aliphatic carbocycles. The fourth-order valence-corrected chi connectivity index (χ4v) is 10.4. The minimum atomic E-state index is -0.937. The highest BCUT2D eigenvalue weighted by molar-refractivity contribution is 6.79. The maximum atomic E-state index is 2.57. The van der Waals surface area contributed by atoms with Gasteiger partial charge in [0.25, 0.3) is 0 Å². The molecule has 0 nitrogen and oxygen atoms in total. The maximum absolute atomic E-state index is 2.57. The lowest BCUT2D eigenvalue weighted by molar-refractivity contribution is 0.767. The number of allylic oxidation sites excluding steroid dienone is 8. The van der Waals surface area contributed by atoms with E-state index in [0.29, 0.717) is 11.1 Å². The predicted octanol–water partition coefficient (Wildman–Crippen LogP) is 8.69. The van der Waals surface area contributed by atoms with E-state index in [1.165, 1.54) is 60.8 Å². The van der Waals surface area contributed by atoms with Gasteiger partial charge in [-0.05, 0) is 90.4 Å². The van der Waals surface area contributed by atoms with E-state index < -0.39 is 8.80 Å². The molecule has 2 unspecified atom stereocenters. The number of fused-ring (bicyclic) bond motifs is 3. The molecular weight excluding hydrogens is 424 g/mol. The average molecular weight is 464 g/mol. The van der Waals surface area contributed by atoms with E-state index in [1.807, 2.05) is 0 Å². The van der Waals surface area contributed by atoms with E-state index in [-0.39, 0.29) is 0 Å². The van der Waals surface area contributed by atoms with Crippen LogP contribution in [0.25, 0.3) is 11.1 Å². The molecule has 175 valence electrons. The first kappa shape index (κ1) is 23.4. The number of benzene rings is 2. The van der Waals surface area contributed by atoms with Gasteiger partial charge in [0.1, 0.15) is 8.80 Å². The molecule has 0 spiro atoms. The summed E-state index contributed by atoms with van der Waals surface area (Å²) in [6.07, 6.45) is 23.5. The summed E-state index contributed by atoms with van der Waals surface area (Å²) in [6.45, 7) is 9.41. The summed E-state index contributed by atoms with van der Waals surface area (Å²) in [5, 5.41) is 1.74. The van der Waals surface area contributed by atoms with Crippen LogP contribution in [0.15, 0.2) is 77.9 Å². The van der Waals surface area contributed by atoms with Gasteiger partial charge in [0, 0.05) is 0 Å². The molecule has 1 radical (unpaired) electrons. The molecule has 0 fully saturated rings. The van der Waals surface area contributed by atoms with Gasteiger partial charge < -0.3 is 0 Å². The van der Waals surface area contributed by atoms with Crippen LogP contribution in [0.5, 0.6) is 0 Å². The van der Waals surface area contributed by atoms with Crippen LogP contribution in [0, 0.1) is 13.8 Å². The highest BCUT2D eigenvalue weighted by Gasteiger charge is 2.40. The van der Waals surface area contributed by atoms with Crippen LogP contribution in [0.1, 0.15) is 74.6 Å². The third kappa shape index (κ3) is 4.13. The van der Waals surface area contributed by atoms with E-state index in [0.717, 1.165) is 6.42 Å². The van der Waals surface area contributed by atoms with Crippen molar-refractivity contribution in [1.29, 1.82) is 0 Å². The van der Waals surface area contributed by atoms with Crippen LogP contribution in [0.2, 0.25) is 11.1 Å². The van der Waals surface area contributed by atoms with Crippen molar-refractivity contribution < 1.29 is 0 Å². The summed E-state index contributed by atoms with van der Waals surface area (Å²) in [6, 6.07) is 11.6. The Kier molecular flexibility index (Phi) is 6.93. The molecule has 0 amide bonds. The first-order valence-corrected chi connectivity index (χ1v) is 15.1. The Labute approximate surface area is 208 Å². The van der Waals surface area contributed by atoms with Crippen LogP contribution >= 0.6 is 0 Å². The van der Waals surface area contributed by atoms with E-state index in [4.69, 9.17) is 0 Å². The fourth-order valence-electron chi connectivity index (χ4n) is 6.30. The molecule has 0 aliphatic heterocycles. The second kappa shape index (κ2) is 10.1. The Balaban J connectivity index is 1.66. The van der Waals surface area contributed by atoms with E-state index in [1.54, 1.807) is 27.5 Å². The number of aryl methyl sites for hydroxylation is 1. The van der Waals surface area contributed by atoms with E-state index >= 15 is 0 Å². The van der Waals surface area contributed by atoms with E-state index in [9.17, 15) is 0 Å². The molecule has 0 saturated heterocycles. The van der Waals surface area contributed by atoms with Gasteiger partial charge in [-0.3, -0.25) is 0 Å². The van der Waals surface area contributed by atoms with Gasteiger partial charge in [-0.25, -0.2) is 0 Å². The van der Waals surface area contributed by atoms with Crippen LogP contribution in [-0.4, -0.2) is 8.80 Å². The first-order chi connectivity index (χ1) is 16.6. The van der Waals surface area contributed by atoms with Gasteiger partial charge in [0.15, 0.2) is 0 Å². The zero-order chi connectivity index (χ0) is 23.7. The lowest BCUT2D eigenvalue weighted by Gasteiger charge is -2.33. The van der Waals surface area contributed by atoms with Crippen molar-refractivity contribution in [3.63, 3.8) is 0 Å². The molecule has 2 aromatic rings. The minimum Gasteiger partial charge on any atom is -0.0799 e. The monoisotopic (exact) mass is 463 g/mol. The van der Waals surface area contributed by atoms with Crippen molar-refractivity contribution in [2.24, 2.45) is 0 Å². The quantitative estimate of drug-likeness (QED) is 0.278. The molecular formula is C33H39Si. The van der Waals surface area contributed by atoms with Crippen LogP contribution in [0.4, 0.5) is 0 Å². The predicted molar refractivity (Wildman–Crippen MR) is 151 cm³/mol. The second-order valence-electron chi connectivity index (χ2n) is 10.4. The Hall–Kier alpha value is -2.38. The van der Waals surface area contributed by atoms with Gasteiger partial charge in [-0.15, -0.1) is 0 Å². The van der Waals surface area contributed by atoms with Crippen LogP contribution in [-0.2, 0) is 6.42 Å². The molecule has 0 N–H and O–H groups in total. The minimum absolute atomic E-state index is 0.600. The Morgan fingerprint density at radius 2 is 1.44 bits per heavy atom. The summed E-state index contributed by atoms with van der Waals surface area (Å²) in [5.74, 6) is 0. The van der Waals surface area contributed by atoms with E-state index in [2.05, 4.69) is 94.5 Å². The van der Waals surface area contributed by atoms with Gasteiger partial charge in [0.2, 0.25) is 0 Å². The van der Waals surface area contributed by atoms with Gasteiger partial charge in [-0.2, -0.15) is 0 Å².